The zero-order valence-electron chi connectivity index (χ0n) is 20.6. The third-order valence-electron chi connectivity index (χ3n) is 6.27. The van der Waals surface area contributed by atoms with Gasteiger partial charge in [-0.25, -0.2) is 0 Å². The number of rotatable bonds is 7. The van der Waals surface area contributed by atoms with Gasteiger partial charge in [0.15, 0.2) is 0 Å². The van der Waals surface area contributed by atoms with E-state index in [0.29, 0.717) is 18.8 Å². The number of anilines is 1. The van der Waals surface area contributed by atoms with Gasteiger partial charge in [0.05, 0.1) is 6.54 Å². The zero-order valence-corrected chi connectivity index (χ0v) is 20.6. The van der Waals surface area contributed by atoms with Crippen molar-refractivity contribution in [1.82, 2.24) is 4.57 Å². The third-order valence-corrected chi connectivity index (χ3v) is 6.27. The van der Waals surface area contributed by atoms with Gasteiger partial charge < -0.3 is 14.6 Å². The number of nitrogens with zero attached hydrogens (tertiary/aromatic N) is 2. The molecule has 1 aromatic heterocycles. The van der Waals surface area contributed by atoms with Crippen LogP contribution in [0.25, 0.3) is 17.0 Å². The number of hydrogen-bond donors (Lipinski definition) is 1. The number of amides is 1. The van der Waals surface area contributed by atoms with Crippen LogP contribution < -0.4 is 10.1 Å². The largest absolute Gasteiger partial charge is 0.491 e. The normalized spacial score (nSPS) is 11.3. The predicted molar refractivity (Wildman–Crippen MR) is 141 cm³/mol. The number of fused-ring (bicyclic) bond motifs is 1. The minimum Gasteiger partial charge on any atom is -0.491 e. The molecule has 0 saturated carbocycles. The summed E-state index contributed by atoms with van der Waals surface area (Å²) >= 11 is 0. The van der Waals surface area contributed by atoms with Crippen molar-refractivity contribution in [1.29, 1.82) is 5.26 Å². The van der Waals surface area contributed by atoms with Crippen molar-refractivity contribution in [3.8, 4) is 11.8 Å². The Morgan fingerprint density at radius 3 is 2.63 bits per heavy atom. The van der Waals surface area contributed by atoms with Crippen LogP contribution in [0.15, 0.2) is 72.4 Å². The summed E-state index contributed by atoms with van der Waals surface area (Å²) in [7, 11) is 0. The minimum atomic E-state index is -0.420. The first-order chi connectivity index (χ1) is 16.9. The second-order valence-electron chi connectivity index (χ2n) is 8.78. The lowest BCUT2D eigenvalue weighted by atomic mass is 10.1. The zero-order chi connectivity index (χ0) is 24.9. The molecular formula is C30H29N3O2. The number of aryl methyl sites for hydroxylation is 3. The number of benzene rings is 3. The van der Waals surface area contributed by atoms with Gasteiger partial charge in [-0.2, -0.15) is 5.26 Å². The van der Waals surface area contributed by atoms with Crippen LogP contribution in [0.3, 0.4) is 0 Å². The highest BCUT2D eigenvalue weighted by Gasteiger charge is 2.14. The molecule has 0 aliphatic rings. The van der Waals surface area contributed by atoms with Crippen LogP contribution >= 0.6 is 0 Å². The fourth-order valence-electron chi connectivity index (χ4n) is 4.07. The van der Waals surface area contributed by atoms with E-state index in [1.54, 1.807) is 6.08 Å². The lowest BCUT2D eigenvalue weighted by Crippen LogP contribution is -2.14. The number of ether oxygens (including phenoxy) is 1. The van der Waals surface area contributed by atoms with Crippen molar-refractivity contribution >= 4 is 28.6 Å². The number of nitriles is 1. The van der Waals surface area contributed by atoms with E-state index in [1.807, 2.05) is 82.4 Å². The number of nitrogens with one attached hydrogen (secondary N) is 1. The van der Waals surface area contributed by atoms with E-state index in [-0.39, 0.29) is 5.57 Å². The van der Waals surface area contributed by atoms with Crippen molar-refractivity contribution in [2.75, 3.05) is 11.9 Å². The van der Waals surface area contributed by atoms with Crippen LogP contribution in [-0.2, 0) is 11.3 Å². The lowest BCUT2D eigenvalue weighted by molar-refractivity contribution is -0.112. The molecule has 35 heavy (non-hydrogen) atoms. The van der Waals surface area contributed by atoms with E-state index in [0.717, 1.165) is 44.5 Å². The highest BCUT2D eigenvalue weighted by atomic mass is 16.5. The van der Waals surface area contributed by atoms with Crippen LogP contribution in [0.4, 0.5) is 5.69 Å². The summed E-state index contributed by atoms with van der Waals surface area (Å²) in [5.74, 6) is 0.466. The topological polar surface area (TPSA) is 67.0 Å². The van der Waals surface area contributed by atoms with E-state index in [9.17, 15) is 10.1 Å². The van der Waals surface area contributed by atoms with Gasteiger partial charge in [0.2, 0.25) is 0 Å². The average Bonchev–Trinajstić information content (AvgIpc) is 3.20. The van der Waals surface area contributed by atoms with Gasteiger partial charge in [-0.05, 0) is 74.2 Å². The SMILES string of the molecule is Cc1ccc(C)c(OCCn2cc(/C=C(\C#N)C(=O)Nc3cccc(C)c3C)c3ccccc32)c1. The highest BCUT2D eigenvalue weighted by Crippen LogP contribution is 2.25. The molecule has 1 heterocycles. The first-order valence-corrected chi connectivity index (χ1v) is 11.6. The minimum absolute atomic E-state index is 0.0560. The Labute approximate surface area is 206 Å². The van der Waals surface area contributed by atoms with Gasteiger partial charge in [-0.3, -0.25) is 4.79 Å². The summed E-state index contributed by atoms with van der Waals surface area (Å²) in [5, 5.41) is 13.6. The Hall–Kier alpha value is -4.30. The van der Waals surface area contributed by atoms with Gasteiger partial charge >= 0.3 is 0 Å². The van der Waals surface area contributed by atoms with Gasteiger partial charge in [0.1, 0.15) is 24.0 Å². The maximum absolute atomic E-state index is 12.9. The van der Waals surface area contributed by atoms with Crippen molar-refractivity contribution in [3.05, 3.63) is 100 Å². The van der Waals surface area contributed by atoms with Crippen molar-refractivity contribution in [3.63, 3.8) is 0 Å². The molecule has 4 rings (SSSR count). The summed E-state index contributed by atoms with van der Waals surface area (Å²) in [4.78, 5) is 12.9. The van der Waals surface area contributed by atoms with E-state index >= 15 is 0 Å². The number of carbonyl (C=O) groups excluding carboxylic acids is 1. The molecular weight excluding hydrogens is 434 g/mol. The van der Waals surface area contributed by atoms with E-state index < -0.39 is 5.91 Å². The Balaban J connectivity index is 1.58. The van der Waals surface area contributed by atoms with Gasteiger partial charge in [-0.15, -0.1) is 0 Å². The second kappa shape index (κ2) is 10.3. The number of para-hydroxylation sites is 1. The van der Waals surface area contributed by atoms with Gasteiger partial charge in [0.25, 0.3) is 5.91 Å². The molecule has 0 bridgehead atoms. The molecule has 5 nitrogen and oxygen atoms in total. The highest BCUT2D eigenvalue weighted by molar-refractivity contribution is 6.11. The van der Waals surface area contributed by atoms with Crippen molar-refractivity contribution in [2.45, 2.75) is 34.2 Å². The van der Waals surface area contributed by atoms with Gasteiger partial charge in [-0.1, -0.05) is 42.5 Å². The molecule has 0 saturated heterocycles. The van der Waals surface area contributed by atoms with Crippen LogP contribution in [0.2, 0.25) is 0 Å². The maximum Gasteiger partial charge on any atom is 0.266 e. The molecule has 0 fully saturated rings. The maximum atomic E-state index is 12.9. The molecule has 0 aliphatic heterocycles. The quantitative estimate of drug-likeness (QED) is 0.251. The molecule has 176 valence electrons. The van der Waals surface area contributed by atoms with E-state index in [4.69, 9.17) is 4.74 Å². The molecule has 0 unspecified atom stereocenters. The number of carbonyl (C=O) groups is 1. The summed E-state index contributed by atoms with van der Waals surface area (Å²) in [6.45, 7) is 9.17. The predicted octanol–water partition coefficient (Wildman–Crippen LogP) is 6.50. The standard InChI is InChI=1S/C30H29N3O2/c1-20-12-13-22(3)29(16-20)35-15-14-33-19-25(26-9-5-6-11-28(26)33)17-24(18-31)30(34)32-27-10-7-8-21(2)23(27)4/h5-13,16-17,19H,14-15H2,1-4H3,(H,32,34)/b24-17+. The van der Waals surface area contributed by atoms with E-state index in [1.165, 1.54) is 0 Å². The first kappa shape index (κ1) is 23.8. The molecule has 3 aromatic carbocycles. The number of hydrogen-bond acceptors (Lipinski definition) is 3. The molecule has 5 heteroatoms. The monoisotopic (exact) mass is 463 g/mol. The average molecular weight is 464 g/mol. The van der Waals surface area contributed by atoms with E-state index in [2.05, 4.69) is 28.1 Å². The first-order valence-electron chi connectivity index (χ1n) is 11.6. The summed E-state index contributed by atoms with van der Waals surface area (Å²) in [5.41, 5.74) is 6.94. The second-order valence-corrected chi connectivity index (χ2v) is 8.78. The molecule has 0 atom stereocenters. The van der Waals surface area contributed by atoms with Crippen molar-refractivity contribution < 1.29 is 9.53 Å². The molecule has 4 aromatic rings. The van der Waals surface area contributed by atoms with Crippen LogP contribution in [0.5, 0.6) is 5.75 Å². The molecule has 0 spiro atoms. The Kier molecular flexibility index (Phi) is 7.03. The third kappa shape index (κ3) is 5.28. The Morgan fingerprint density at radius 2 is 1.83 bits per heavy atom. The molecule has 1 amide bonds. The fraction of sp³-hybridized carbons (Fsp3) is 0.200. The van der Waals surface area contributed by atoms with Crippen LogP contribution in [-0.4, -0.2) is 17.1 Å². The van der Waals surface area contributed by atoms with Crippen LogP contribution in [0, 0.1) is 39.0 Å². The molecule has 1 N–H and O–H groups in total. The Morgan fingerprint density at radius 1 is 1.03 bits per heavy atom. The lowest BCUT2D eigenvalue weighted by Gasteiger charge is -2.11. The van der Waals surface area contributed by atoms with Gasteiger partial charge in [0, 0.05) is 28.4 Å². The molecule has 0 aliphatic carbocycles. The van der Waals surface area contributed by atoms with Crippen molar-refractivity contribution in [2.24, 2.45) is 0 Å². The summed E-state index contributed by atoms with van der Waals surface area (Å²) in [6.07, 6.45) is 3.63. The summed E-state index contributed by atoms with van der Waals surface area (Å²) in [6, 6.07) is 22.0. The number of aromatic nitrogens is 1. The fourth-order valence-corrected chi connectivity index (χ4v) is 4.07. The molecule has 0 radical (unpaired) electrons. The summed E-state index contributed by atoms with van der Waals surface area (Å²) < 4.78 is 8.16. The van der Waals surface area contributed by atoms with Crippen LogP contribution in [0.1, 0.15) is 27.8 Å². The smallest absolute Gasteiger partial charge is 0.266 e. The Bertz CT molecular complexity index is 1470.